The number of halogens is 1. The second-order valence-electron chi connectivity index (χ2n) is 9.70. The summed E-state index contributed by atoms with van der Waals surface area (Å²) in [6.45, 7) is 20.5. The number of likely N-dealkylation sites (tertiary alicyclic amines) is 1. The first-order valence-corrected chi connectivity index (χ1v) is 12.4. The number of nitrogens with one attached hydrogen (secondary N) is 1. The second-order valence-corrected chi connectivity index (χ2v) is 10.1. The van der Waals surface area contributed by atoms with E-state index in [0.29, 0.717) is 12.0 Å². The van der Waals surface area contributed by atoms with Crippen LogP contribution in [0, 0.1) is 12.8 Å². The van der Waals surface area contributed by atoms with Crippen LogP contribution in [0.1, 0.15) is 24.5 Å². The second kappa shape index (κ2) is 10.8. The molecule has 4 rings (SSSR count). The van der Waals surface area contributed by atoms with Crippen molar-refractivity contribution in [1.82, 2.24) is 14.7 Å². The maximum absolute atomic E-state index is 6.11. The lowest BCUT2D eigenvalue weighted by Crippen LogP contribution is -2.51. The van der Waals surface area contributed by atoms with Gasteiger partial charge in [-0.05, 0) is 50.6 Å². The van der Waals surface area contributed by atoms with Crippen molar-refractivity contribution in [3.63, 3.8) is 0 Å². The Morgan fingerprint density at radius 2 is 1.85 bits per heavy atom. The molecule has 0 saturated carbocycles. The lowest BCUT2D eigenvalue weighted by atomic mass is 10.1. The summed E-state index contributed by atoms with van der Waals surface area (Å²) in [5.41, 5.74) is 6.04. The Labute approximate surface area is 204 Å². The Hall–Kier alpha value is -2.27. The van der Waals surface area contributed by atoms with Crippen molar-refractivity contribution in [3.8, 4) is 0 Å². The van der Waals surface area contributed by atoms with E-state index in [2.05, 4.69) is 71.3 Å². The van der Waals surface area contributed by atoms with Crippen molar-refractivity contribution in [2.45, 2.75) is 32.9 Å². The van der Waals surface area contributed by atoms with E-state index < -0.39 is 0 Å². The van der Waals surface area contributed by atoms with Gasteiger partial charge in [0.15, 0.2) is 0 Å². The number of anilines is 1. The predicted octanol–water partition coefficient (Wildman–Crippen LogP) is 5.62. The zero-order valence-corrected chi connectivity index (χ0v) is 20.8. The molecule has 2 saturated heterocycles. The zero-order chi connectivity index (χ0) is 23.4. The molecule has 2 aliphatic rings. The predicted molar refractivity (Wildman–Crippen MR) is 141 cm³/mol. The van der Waals surface area contributed by atoms with Crippen molar-refractivity contribution in [2.75, 3.05) is 44.6 Å². The number of aryl methyl sites for hydroxylation is 1. The molecule has 0 amide bonds. The Morgan fingerprint density at radius 3 is 2.58 bits per heavy atom. The van der Waals surface area contributed by atoms with E-state index in [0.717, 1.165) is 68.6 Å². The highest BCUT2D eigenvalue weighted by Gasteiger charge is 2.28. The quantitative estimate of drug-likeness (QED) is 0.547. The summed E-state index contributed by atoms with van der Waals surface area (Å²) in [5, 5.41) is 4.19. The first-order chi connectivity index (χ1) is 15.9. The summed E-state index contributed by atoms with van der Waals surface area (Å²) in [6.07, 6.45) is 1.13. The largest absolute Gasteiger partial charge is 0.371 e. The third-order valence-corrected chi connectivity index (χ3v) is 7.25. The summed E-state index contributed by atoms with van der Waals surface area (Å²) >= 11 is 6.11. The topological polar surface area (TPSA) is 21.8 Å². The third kappa shape index (κ3) is 6.41. The van der Waals surface area contributed by atoms with E-state index in [1.165, 1.54) is 16.8 Å². The van der Waals surface area contributed by atoms with Crippen molar-refractivity contribution in [1.29, 1.82) is 0 Å². The van der Waals surface area contributed by atoms with Gasteiger partial charge in [-0.3, -0.25) is 9.80 Å². The van der Waals surface area contributed by atoms with E-state index in [1.807, 2.05) is 24.3 Å². The lowest BCUT2D eigenvalue weighted by Gasteiger charge is -2.42. The normalized spacial score (nSPS) is 21.8. The third-order valence-electron chi connectivity index (χ3n) is 7.02. The molecule has 2 fully saturated rings. The number of piperazine rings is 1. The van der Waals surface area contributed by atoms with Crippen LogP contribution < -0.4 is 5.32 Å². The van der Waals surface area contributed by atoms with Crippen molar-refractivity contribution >= 4 is 17.3 Å². The summed E-state index contributed by atoms with van der Waals surface area (Å²) in [7, 11) is 0. The van der Waals surface area contributed by atoms with E-state index in [9.17, 15) is 0 Å². The molecule has 2 atom stereocenters. The first-order valence-electron chi connectivity index (χ1n) is 12.0. The lowest BCUT2D eigenvalue weighted by molar-refractivity contribution is 0.0930. The van der Waals surface area contributed by atoms with E-state index in [-0.39, 0.29) is 0 Å². The average Bonchev–Trinajstić information content (AvgIpc) is 3.25. The molecule has 1 N–H and O–H groups in total. The maximum atomic E-state index is 6.11. The van der Waals surface area contributed by atoms with E-state index >= 15 is 0 Å². The van der Waals surface area contributed by atoms with Gasteiger partial charge in [-0.1, -0.05) is 60.7 Å². The monoisotopic (exact) mass is 464 g/mol. The molecule has 0 aliphatic carbocycles. The minimum absolute atomic E-state index is 0.446. The van der Waals surface area contributed by atoms with Crippen LogP contribution in [0.2, 0.25) is 5.02 Å². The van der Waals surface area contributed by atoms with Crippen LogP contribution in [-0.2, 0) is 6.54 Å². The number of benzene rings is 2. The summed E-state index contributed by atoms with van der Waals surface area (Å²) in [5.74, 6) is 0.446. The van der Waals surface area contributed by atoms with Gasteiger partial charge in [0.2, 0.25) is 0 Å². The SMILES string of the molecule is C=C(Nc1cccc(Cl)c1)[C@@H]1CCN(CC(=C)N2CCN(Cc3ccc(C)cc3)C(C)C2)C1. The minimum atomic E-state index is 0.446. The van der Waals surface area contributed by atoms with E-state index in [1.54, 1.807) is 0 Å². The maximum Gasteiger partial charge on any atom is 0.0426 e. The van der Waals surface area contributed by atoms with Crippen LogP contribution >= 0.6 is 11.6 Å². The summed E-state index contributed by atoms with van der Waals surface area (Å²) < 4.78 is 0. The van der Waals surface area contributed by atoms with Crippen molar-refractivity contribution < 1.29 is 0 Å². The highest BCUT2D eigenvalue weighted by atomic mass is 35.5. The van der Waals surface area contributed by atoms with Gasteiger partial charge in [-0.2, -0.15) is 0 Å². The van der Waals surface area contributed by atoms with Gasteiger partial charge in [-0.25, -0.2) is 0 Å². The smallest absolute Gasteiger partial charge is 0.0426 e. The highest BCUT2D eigenvalue weighted by Crippen LogP contribution is 2.26. The van der Waals surface area contributed by atoms with Gasteiger partial charge >= 0.3 is 0 Å². The molecule has 0 radical (unpaired) electrons. The number of nitrogens with zero attached hydrogens (tertiary/aromatic N) is 3. The van der Waals surface area contributed by atoms with Crippen LogP contribution in [0.3, 0.4) is 0 Å². The van der Waals surface area contributed by atoms with Gasteiger partial charge in [0.1, 0.15) is 0 Å². The van der Waals surface area contributed by atoms with E-state index in [4.69, 9.17) is 11.6 Å². The number of hydrogen-bond donors (Lipinski definition) is 1. The standard InChI is InChI=1S/C28H37ClN4/c1-21-8-10-25(11-9-21)19-33-15-14-32(18-23(33)3)22(2)17-31-13-12-26(20-31)24(4)30-28-7-5-6-27(29)16-28/h5-11,16,23,26,30H,2,4,12-15,17-20H2,1,3H3/t23?,26-/m1/s1. The first kappa shape index (κ1) is 23.9. The number of rotatable bonds is 8. The molecule has 2 aromatic rings. The number of hydrogen-bond acceptors (Lipinski definition) is 4. The summed E-state index contributed by atoms with van der Waals surface area (Å²) in [4.78, 5) is 7.59. The molecule has 5 heteroatoms. The van der Waals surface area contributed by atoms with Gasteiger partial charge in [-0.15, -0.1) is 0 Å². The fourth-order valence-electron chi connectivity index (χ4n) is 4.92. The Bertz CT molecular complexity index is 970. The molecule has 4 nitrogen and oxygen atoms in total. The van der Waals surface area contributed by atoms with Crippen LogP contribution in [-0.4, -0.2) is 60.0 Å². The Morgan fingerprint density at radius 1 is 1.06 bits per heavy atom. The van der Waals surface area contributed by atoms with Crippen molar-refractivity contribution in [2.24, 2.45) is 5.92 Å². The molecule has 0 aromatic heterocycles. The Balaban J connectivity index is 1.23. The molecule has 176 valence electrons. The average molecular weight is 465 g/mol. The van der Waals surface area contributed by atoms with Crippen molar-refractivity contribution in [3.05, 3.63) is 89.2 Å². The van der Waals surface area contributed by atoms with Gasteiger partial charge in [0, 0.05) is 73.3 Å². The Kier molecular flexibility index (Phi) is 7.79. The molecule has 0 spiro atoms. The molecular weight excluding hydrogens is 428 g/mol. The van der Waals surface area contributed by atoms with Crippen LogP contribution in [0.25, 0.3) is 0 Å². The zero-order valence-electron chi connectivity index (χ0n) is 20.1. The van der Waals surface area contributed by atoms with Gasteiger partial charge < -0.3 is 10.2 Å². The van der Waals surface area contributed by atoms with Gasteiger partial charge in [0.25, 0.3) is 0 Å². The highest BCUT2D eigenvalue weighted by molar-refractivity contribution is 6.30. The molecule has 2 heterocycles. The molecule has 0 bridgehead atoms. The molecule has 2 aliphatic heterocycles. The van der Waals surface area contributed by atoms with Gasteiger partial charge in [0.05, 0.1) is 0 Å². The summed E-state index contributed by atoms with van der Waals surface area (Å²) in [6, 6.07) is 17.3. The fourth-order valence-corrected chi connectivity index (χ4v) is 5.11. The van der Waals surface area contributed by atoms with Crippen LogP contribution in [0.15, 0.2) is 73.1 Å². The van der Waals surface area contributed by atoms with Crippen LogP contribution in [0.5, 0.6) is 0 Å². The van der Waals surface area contributed by atoms with Crippen LogP contribution in [0.4, 0.5) is 5.69 Å². The molecule has 1 unspecified atom stereocenters. The fraction of sp³-hybridized carbons (Fsp3) is 0.429. The molecule has 2 aromatic carbocycles. The minimum Gasteiger partial charge on any atom is -0.371 e. The molecular formula is C28H37ClN4. The molecule has 33 heavy (non-hydrogen) atoms.